The fourth-order valence-corrected chi connectivity index (χ4v) is 3.41. The number of carbonyl (C=O) groups is 1. The van der Waals surface area contributed by atoms with Gasteiger partial charge in [0.25, 0.3) is 5.91 Å². The molecule has 0 bridgehead atoms. The second-order valence-corrected chi connectivity index (χ2v) is 6.99. The van der Waals surface area contributed by atoms with Crippen LogP contribution in [0.25, 0.3) is 11.4 Å². The molecule has 1 amide bonds. The van der Waals surface area contributed by atoms with Gasteiger partial charge in [-0.1, -0.05) is 0 Å². The third-order valence-corrected chi connectivity index (χ3v) is 4.90. The molecule has 0 unspecified atom stereocenters. The standard InChI is InChI=1S/C20H23N7O/c1-4-27-12-15(11-22-27)20(28)26-10-7-16-17(13-26)23-18(24-19(16)25(2)3)14-5-8-21-9-6-14/h5-6,8-9,11-12H,4,7,10,13H2,1-3H3. The lowest BCUT2D eigenvalue weighted by Gasteiger charge is -2.30. The number of fused-ring (bicyclic) bond motifs is 1. The van der Waals surface area contributed by atoms with Crippen LogP contribution in [0.5, 0.6) is 0 Å². The smallest absolute Gasteiger partial charge is 0.257 e. The molecule has 4 heterocycles. The Morgan fingerprint density at radius 1 is 1.21 bits per heavy atom. The van der Waals surface area contributed by atoms with Gasteiger partial charge in [0.05, 0.1) is 24.0 Å². The number of carbonyl (C=O) groups excluding carboxylic acids is 1. The number of rotatable bonds is 4. The minimum Gasteiger partial charge on any atom is -0.362 e. The number of amides is 1. The van der Waals surface area contributed by atoms with Crippen molar-refractivity contribution in [2.75, 3.05) is 25.5 Å². The van der Waals surface area contributed by atoms with Crippen molar-refractivity contribution < 1.29 is 4.79 Å². The summed E-state index contributed by atoms with van der Waals surface area (Å²) in [6.07, 6.45) is 7.62. The summed E-state index contributed by atoms with van der Waals surface area (Å²) in [4.78, 5) is 30.4. The monoisotopic (exact) mass is 377 g/mol. The summed E-state index contributed by atoms with van der Waals surface area (Å²) in [7, 11) is 3.96. The van der Waals surface area contributed by atoms with Crippen LogP contribution in [0.3, 0.4) is 0 Å². The predicted octanol–water partition coefficient (Wildman–Crippen LogP) is 2.02. The summed E-state index contributed by atoms with van der Waals surface area (Å²) >= 11 is 0. The van der Waals surface area contributed by atoms with Crippen LogP contribution in [0.2, 0.25) is 0 Å². The fourth-order valence-electron chi connectivity index (χ4n) is 3.41. The van der Waals surface area contributed by atoms with Crippen LogP contribution < -0.4 is 4.90 Å². The molecular weight excluding hydrogens is 354 g/mol. The van der Waals surface area contributed by atoms with Crippen LogP contribution in [0.1, 0.15) is 28.5 Å². The topological polar surface area (TPSA) is 80.0 Å². The van der Waals surface area contributed by atoms with E-state index in [0.29, 0.717) is 24.5 Å². The van der Waals surface area contributed by atoms with Gasteiger partial charge >= 0.3 is 0 Å². The first kappa shape index (κ1) is 18.1. The first-order chi connectivity index (χ1) is 13.6. The van der Waals surface area contributed by atoms with Crippen LogP contribution in [0.15, 0.2) is 36.9 Å². The molecule has 3 aromatic rings. The molecule has 4 rings (SSSR count). The SMILES string of the molecule is CCn1cc(C(=O)N2CCc3c(nc(-c4ccncc4)nc3N(C)C)C2)cn1. The van der Waals surface area contributed by atoms with Crippen molar-refractivity contribution in [3.8, 4) is 11.4 Å². The first-order valence-electron chi connectivity index (χ1n) is 9.36. The van der Waals surface area contributed by atoms with Crippen LogP contribution in [-0.4, -0.2) is 56.2 Å². The molecule has 28 heavy (non-hydrogen) atoms. The number of aromatic nitrogens is 5. The molecule has 3 aromatic heterocycles. The third-order valence-electron chi connectivity index (χ3n) is 4.90. The van der Waals surface area contributed by atoms with Crippen molar-refractivity contribution in [2.45, 2.75) is 26.4 Å². The Hall–Kier alpha value is -3.29. The van der Waals surface area contributed by atoms with Crippen molar-refractivity contribution >= 4 is 11.7 Å². The molecule has 0 atom stereocenters. The van der Waals surface area contributed by atoms with E-state index in [1.807, 2.05) is 43.0 Å². The molecule has 1 aliphatic heterocycles. The van der Waals surface area contributed by atoms with E-state index in [9.17, 15) is 4.79 Å². The van der Waals surface area contributed by atoms with Gasteiger partial charge in [0.1, 0.15) is 5.82 Å². The maximum absolute atomic E-state index is 12.9. The Labute approximate surface area is 163 Å². The molecule has 0 aromatic carbocycles. The van der Waals surface area contributed by atoms with Crippen LogP contribution in [-0.2, 0) is 19.5 Å². The molecular formula is C20H23N7O. The second kappa shape index (κ2) is 7.38. The lowest BCUT2D eigenvalue weighted by atomic mass is 10.0. The maximum Gasteiger partial charge on any atom is 0.257 e. The van der Waals surface area contributed by atoms with E-state index in [1.54, 1.807) is 29.5 Å². The Morgan fingerprint density at radius 3 is 2.68 bits per heavy atom. The number of nitrogens with zero attached hydrogens (tertiary/aromatic N) is 7. The largest absolute Gasteiger partial charge is 0.362 e. The van der Waals surface area contributed by atoms with Gasteiger partial charge in [0, 0.05) is 56.9 Å². The second-order valence-electron chi connectivity index (χ2n) is 6.99. The molecule has 8 heteroatoms. The van der Waals surface area contributed by atoms with Gasteiger partial charge in [-0.25, -0.2) is 9.97 Å². The van der Waals surface area contributed by atoms with E-state index in [1.165, 1.54) is 0 Å². The highest BCUT2D eigenvalue weighted by atomic mass is 16.2. The molecule has 8 nitrogen and oxygen atoms in total. The van der Waals surface area contributed by atoms with Crippen molar-refractivity contribution in [1.82, 2.24) is 29.6 Å². The molecule has 0 fully saturated rings. The zero-order valence-corrected chi connectivity index (χ0v) is 16.3. The summed E-state index contributed by atoms with van der Waals surface area (Å²) in [5, 5.41) is 4.22. The normalized spacial score (nSPS) is 13.3. The summed E-state index contributed by atoms with van der Waals surface area (Å²) < 4.78 is 1.76. The maximum atomic E-state index is 12.9. The average Bonchev–Trinajstić information content (AvgIpc) is 3.21. The highest BCUT2D eigenvalue weighted by Crippen LogP contribution is 2.29. The van der Waals surface area contributed by atoms with Crippen LogP contribution >= 0.6 is 0 Å². The molecule has 0 aliphatic carbocycles. The van der Waals surface area contributed by atoms with Crippen molar-refractivity contribution in [1.29, 1.82) is 0 Å². The van der Waals surface area contributed by atoms with E-state index in [2.05, 4.69) is 10.1 Å². The number of anilines is 1. The molecule has 0 saturated heterocycles. The molecule has 1 aliphatic rings. The van der Waals surface area contributed by atoms with Crippen molar-refractivity contribution in [2.24, 2.45) is 0 Å². The Balaban J connectivity index is 1.68. The number of hydrogen-bond acceptors (Lipinski definition) is 6. The Kier molecular flexibility index (Phi) is 4.77. The lowest BCUT2D eigenvalue weighted by molar-refractivity contribution is 0.0731. The van der Waals surface area contributed by atoms with Gasteiger partial charge in [-0.2, -0.15) is 5.10 Å². The van der Waals surface area contributed by atoms with Gasteiger partial charge < -0.3 is 9.80 Å². The highest BCUT2D eigenvalue weighted by molar-refractivity contribution is 5.93. The van der Waals surface area contributed by atoms with Crippen molar-refractivity contribution in [3.63, 3.8) is 0 Å². The van der Waals surface area contributed by atoms with E-state index in [0.717, 1.165) is 35.6 Å². The first-order valence-corrected chi connectivity index (χ1v) is 9.36. The number of aryl methyl sites for hydroxylation is 1. The lowest BCUT2D eigenvalue weighted by Crippen LogP contribution is -2.37. The molecule has 0 radical (unpaired) electrons. The molecule has 0 saturated carbocycles. The summed E-state index contributed by atoms with van der Waals surface area (Å²) in [5.41, 5.74) is 3.53. The van der Waals surface area contributed by atoms with E-state index in [-0.39, 0.29) is 5.91 Å². The zero-order chi connectivity index (χ0) is 19.7. The molecule has 0 N–H and O–H groups in total. The van der Waals surface area contributed by atoms with Crippen molar-refractivity contribution in [3.05, 3.63) is 53.7 Å². The number of pyridine rings is 1. The number of hydrogen-bond donors (Lipinski definition) is 0. The van der Waals surface area contributed by atoms with Gasteiger partial charge in [0.2, 0.25) is 0 Å². The minimum absolute atomic E-state index is 0.0131. The Bertz CT molecular complexity index is 997. The van der Waals surface area contributed by atoms with E-state index in [4.69, 9.17) is 9.97 Å². The van der Waals surface area contributed by atoms with Gasteiger partial charge in [-0.05, 0) is 25.5 Å². The van der Waals surface area contributed by atoms with E-state index < -0.39 is 0 Å². The Morgan fingerprint density at radius 2 is 2.00 bits per heavy atom. The van der Waals surface area contributed by atoms with Crippen LogP contribution in [0, 0.1) is 0 Å². The summed E-state index contributed by atoms with van der Waals surface area (Å²) in [5.74, 6) is 1.54. The average molecular weight is 377 g/mol. The highest BCUT2D eigenvalue weighted by Gasteiger charge is 2.27. The van der Waals surface area contributed by atoms with E-state index >= 15 is 0 Å². The molecule has 0 spiro atoms. The summed E-state index contributed by atoms with van der Waals surface area (Å²) in [6, 6.07) is 3.79. The van der Waals surface area contributed by atoms with Crippen LogP contribution in [0.4, 0.5) is 5.82 Å². The predicted molar refractivity (Wildman–Crippen MR) is 106 cm³/mol. The van der Waals surface area contributed by atoms with Gasteiger partial charge in [-0.15, -0.1) is 0 Å². The zero-order valence-electron chi connectivity index (χ0n) is 16.3. The summed E-state index contributed by atoms with van der Waals surface area (Å²) in [6.45, 7) is 3.85. The molecule has 144 valence electrons. The fraction of sp³-hybridized carbons (Fsp3) is 0.350. The van der Waals surface area contributed by atoms with Gasteiger partial charge in [-0.3, -0.25) is 14.5 Å². The third kappa shape index (κ3) is 3.33. The quantitative estimate of drug-likeness (QED) is 0.692. The van der Waals surface area contributed by atoms with Gasteiger partial charge in [0.15, 0.2) is 5.82 Å². The minimum atomic E-state index is -0.0131.